The third-order valence-electron chi connectivity index (χ3n) is 2.35. The molecule has 0 amide bonds. The van der Waals surface area contributed by atoms with Crippen LogP contribution >= 0.6 is 12.6 Å². The van der Waals surface area contributed by atoms with Crippen molar-refractivity contribution in [3.63, 3.8) is 0 Å². The molecular formula is C9H11N3O3S. The molecular weight excluding hydrogens is 230 g/mol. The van der Waals surface area contributed by atoms with Gasteiger partial charge < -0.3 is 9.64 Å². The Labute approximate surface area is 97.8 Å². The van der Waals surface area contributed by atoms with Crippen molar-refractivity contribution < 1.29 is 9.66 Å². The monoisotopic (exact) mass is 241 g/mol. The lowest BCUT2D eigenvalue weighted by molar-refractivity contribution is -0.384. The molecule has 0 N–H and O–H groups in total. The van der Waals surface area contributed by atoms with E-state index >= 15 is 0 Å². The van der Waals surface area contributed by atoms with Crippen LogP contribution < -0.4 is 4.90 Å². The van der Waals surface area contributed by atoms with Gasteiger partial charge in [0, 0.05) is 19.2 Å². The SMILES string of the molecule is O=[N+]([O-])c1ccc(S)nc1N1CCOCC1. The molecule has 6 nitrogen and oxygen atoms in total. The number of hydrogen-bond acceptors (Lipinski definition) is 6. The van der Waals surface area contributed by atoms with Gasteiger partial charge in [0.05, 0.1) is 23.2 Å². The van der Waals surface area contributed by atoms with Crippen molar-refractivity contribution in [2.24, 2.45) is 0 Å². The van der Waals surface area contributed by atoms with Gasteiger partial charge in [-0.1, -0.05) is 0 Å². The van der Waals surface area contributed by atoms with Crippen molar-refractivity contribution in [1.29, 1.82) is 0 Å². The van der Waals surface area contributed by atoms with Crippen LogP contribution in [-0.4, -0.2) is 36.2 Å². The van der Waals surface area contributed by atoms with Gasteiger partial charge in [0.25, 0.3) is 0 Å². The Balaban J connectivity index is 2.36. The molecule has 7 heteroatoms. The molecule has 1 fully saturated rings. The average Bonchev–Trinajstić information content (AvgIpc) is 2.29. The summed E-state index contributed by atoms with van der Waals surface area (Å²) in [6.45, 7) is 2.36. The molecule has 2 heterocycles. The summed E-state index contributed by atoms with van der Waals surface area (Å²) in [5.41, 5.74) is 0.0136. The van der Waals surface area contributed by atoms with E-state index in [0.717, 1.165) is 0 Å². The highest BCUT2D eigenvalue weighted by atomic mass is 32.1. The number of pyridine rings is 1. The molecule has 0 spiro atoms. The molecule has 0 unspecified atom stereocenters. The van der Waals surface area contributed by atoms with Gasteiger partial charge >= 0.3 is 5.69 Å². The molecule has 0 aromatic carbocycles. The van der Waals surface area contributed by atoms with E-state index in [9.17, 15) is 10.1 Å². The van der Waals surface area contributed by atoms with E-state index in [4.69, 9.17) is 4.74 Å². The molecule has 0 bridgehead atoms. The summed E-state index contributed by atoms with van der Waals surface area (Å²) in [6.07, 6.45) is 0. The zero-order chi connectivity index (χ0) is 11.5. The van der Waals surface area contributed by atoms with Crippen LogP contribution in [0.15, 0.2) is 17.2 Å². The molecule has 0 atom stereocenters. The summed E-state index contributed by atoms with van der Waals surface area (Å²) in [5, 5.41) is 11.3. The Morgan fingerprint density at radius 3 is 2.75 bits per heavy atom. The second-order valence-corrected chi connectivity index (χ2v) is 3.83. The van der Waals surface area contributed by atoms with E-state index in [1.54, 1.807) is 0 Å². The molecule has 1 aromatic heterocycles. The highest BCUT2D eigenvalue weighted by Gasteiger charge is 2.22. The lowest BCUT2D eigenvalue weighted by Gasteiger charge is -2.27. The summed E-state index contributed by atoms with van der Waals surface area (Å²) in [5.74, 6) is 0.376. The van der Waals surface area contributed by atoms with Crippen LogP contribution in [0.4, 0.5) is 11.5 Å². The number of ether oxygens (including phenoxy) is 1. The predicted octanol–water partition coefficient (Wildman–Crippen LogP) is 1.12. The number of aromatic nitrogens is 1. The predicted molar refractivity (Wildman–Crippen MR) is 61.2 cm³/mol. The number of nitrogens with zero attached hydrogens (tertiary/aromatic N) is 3. The summed E-state index contributed by atoms with van der Waals surface area (Å²) in [4.78, 5) is 16.4. The number of rotatable bonds is 2. The molecule has 1 saturated heterocycles. The second kappa shape index (κ2) is 4.67. The zero-order valence-corrected chi connectivity index (χ0v) is 9.39. The minimum atomic E-state index is -0.426. The van der Waals surface area contributed by atoms with Crippen LogP contribution in [0.3, 0.4) is 0 Å². The zero-order valence-electron chi connectivity index (χ0n) is 8.50. The fourth-order valence-corrected chi connectivity index (χ4v) is 1.75. The van der Waals surface area contributed by atoms with Crippen molar-refractivity contribution in [1.82, 2.24) is 4.98 Å². The maximum atomic E-state index is 10.9. The van der Waals surface area contributed by atoms with E-state index in [-0.39, 0.29) is 5.69 Å². The minimum absolute atomic E-state index is 0.0136. The summed E-state index contributed by atoms with van der Waals surface area (Å²) in [7, 11) is 0. The fourth-order valence-electron chi connectivity index (χ4n) is 1.58. The highest BCUT2D eigenvalue weighted by Crippen LogP contribution is 2.27. The Bertz CT molecular complexity index is 407. The standard InChI is InChI=1S/C9H11N3O3S/c13-12(14)7-1-2-8(16)10-9(7)11-3-5-15-6-4-11/h1-2H,3-6H2,(H,10,16). The second-order valence-electron chi connectivity index (χ2n) is 3.37. The molecule has 0 saturated carbocycles. The average molecular weight is 241 g/mol. The molecule has 1 aromatic rings. The van der Waals surface area contributed by atoms with E-state index in [0.29, 0.717) is 37.1 Å². The van der Waals surface area contributed by atoms with Gasteiger partial charge in [0.15, 0.2) is 0 Å². The summed E-state index contributed by atoms with van der Waals surface area (Å²) >= 11 is 4.10. The van der Waals surface area contributed by atoms with Crippen molar-refractivity contribution in [3.8, 4) is 0 Å². The first-order chi connectivity index (χ1) is 7.68. The minimum Gasteiger partial charge on any atom is -0.378 e. The van der Waals surface area contributed by atoms with Gasteiger partial charge in [-0.25, -0.2) is 4.98 Å². The van der Waals surface area contributed by atoms with Gasteiger partial charge in [-0.2, -0.15) is 0 Å². The van der Waals surface area contributed by atoms with Gasteiger partial charge in [-0.3, -0.25) is 10.1 Å². The molecule has 1 aliphatic rings. The third kappa shape index (κ3) is 2.25. The van der Waals surface area contributed by atoms with Crippen LogP contribution in [0.2, 0.25) is 0 Å². The molecule has 0 aliphatic carbocycles. The van der Waals surface area contributed by atoms with Gasteiger partial charge in [0.2, 0.25) is 5.82 Å². The normalized spacial score (nSPS) is 16.2. The molecule has 1 aliphatic heterocycles. The van der Waals surface area contributed by atoms with Gasteiger partial charge in [-0.05, 0) is 6.07 Å². The first-order valence-electron chi connectivity index (χ1n) is 4.85. The van der Waals surface area contributed by atoms with E-state index in [2.05, 4.69) is 17.6 Å². The molecule has 86 valence electrons. The third-order valence-corrected chi connectivity index (χ3v) is 2.60. The van der Waals surface area contributed by atoms with E-state index in [1.165, 1.54) is 12.1 Å². The lowest BCUT2D eigenvalue weighted by atomic mass is 10.3. The number of morpholine rings is 1. The molecule has 16 heavy (non-hydrogen) atoms. The van der Waals surface area contributed by atoms with Gasteiger partial charge in [-0.15, -0.1) is 12.6 Å². The van der Waals surface area contributed by atoms with Crippen LogP contribution in [0, 0.1) is 10.1 Å². The lowest BCUT2D eigenvalue weighted by Crippen LogP contribution is -2.37. The van der Waals surface area contributed by atoms with Gasteiger partial charge in [0.1, 0.15) is 0 Å². The van der Waals surface area contributed by atoms with Crippen LogP contribution in [0.1, 0.15) is 0 Å². The topological polar surface area (TPSA) is 68.5 Å². The van der Waals surface area contributed by atoms with Crippen LogP contribution in [0.5, 0.6) is 0 Å². The van der Waals surface area contributed by atoms with Crippen LogP contribution in [0.25, 0.3) is 0 Å². The van der Waals surface area contributed by atoms with Crippen molar-refractivity contribution in [3.05, 3.63) is 22.2 Å². The highest BCUT2D eigenvalue weighted by molar-refractivity contribution is 7.80. The summed E-state index contributed by atoms with van der Waals surface area (Å²) < 4.78 is 5.19. The number of nitro groups is 1. The smallest absolute Gasteiger partial charge is 0.311 e. The van der Waals surface area contributed by atoms with Crippen LogP contribution in [-0.2, 0) is 4.74 Å². The quantitative estimate of drug-likeness (QED) is 0.477. The van der Waals surface area contributed by atoms with Crippen molar-refractivity contribution in [2.75, 3.05) is 31.2 Å². The summed E-state index contributed by atoms with van der Waals surface area (Å²) in [6, 6.07) is 2.95. The van der Waals surface area contributed by atoms with E-state index in [1.807, 2.05) is 4.90 Å². The number of thiol groups is 1. The first-order valence-corrected chi connectivity index (χ1v) is 5.30. The first kappa shape index (κ1) is 11.2. The Morgan fingerprint density at radius 1 is 1.44 bits per heavy atom. The van der Waals surface area contributed by atoms with E-state index < -0.39 is 4.92 Å². The largest absolute Gasteiger partial charge is 0.378 e. The maximum Gasteiger partial charge on any atom is 0.311 e. The Morgan fingerprint density at radius 2 is 2.12 bits per heavy atom. The molecule has 2 rings (SSSR count). The Hall–Kier alpha value is -1.34. The molecule has 0 radical (unpaired) electrons. The number of anilines is 1. The van der Waals surface area contributed by atoms with Crippen molar-refractivity contribution in [2.45, 2.75) is 5.03 Å². The van der Waals surface area contributed by atoms with Crippen molar-refractivity contribution >= 4 is 24.1 Å². The fraction of sp³-hybridized carbons (Fsp3) is 0.444. The number of hydrogen-bond donors (Lipinski definition) is 1. The Kier molecular flexibility index (Phi) is 3.25. The maximum absolute atomic E-state index is 10.9.